The molecular formula is C19H19ClN4O2S. The number of hydrogen-bond donors (Lipinski definition) is 1. The third kappa shape index (κ3) is 5.02. The van der Waals surface area contributed by atoms with Crippen LogP contribution >= 0.6 is 23.4 Å². The number of thioether (sulfide) groups is 1. The van der Waals surface area contributed by atoms with Gasteiger partial charge in [-0.25, -0.2) is 0 Å². The molecule has 0 aliphatic carbocycles. The molecule has 1 N–H and O–H groups in total. The minimum Gasteiger partial charge on any atom is -0.497 e. The van der Waals surface area contributed by atoms with E-state index in [0.717, 1.165) is 17.0 Å². The fourth-order valence-corrected chi connectivity index (χ4v) is 3.45. The number of methoxy groups -OCH3 is 1. The highest BCUT2D eigenvalue weighted by Gasteiger charge is 2.18. The van der Waals surface area contributed by atoms with E-state index in [-0.39, 0.29) is 11.2 Å². The Morgan fingerprint density at radius 2 is 2.07 bits per heavy atom. The van der Waals surface area contributed by atoms with Gasteiger partial charge in [0.1, 0.15) is 12.1 Å². The molecule has 1 atom stereocenters. The van der Waals surface area contributed by atoms with E-state index < -0.39 is 0 Å². The summed E-state index contributed by atoms with van der Waals surface area (Å²) in [5.41, 5.74) is 1.85. The highest BCUT2D eigenvalue weighted by atomic mass is 35.5. The molecule has 0 aliphatic rings. The van der Waals surface area contributed by atoms with Crippen LogP contribution in [0.25, 0.3) is 5.69 Å². The van der Waals surface area contributed by atoms with Gasteiger partial charge in [-0.1, -0.05) is 41.6 Å². The smallest absolute Gasteiger partial charge is 0.233 e. The van der Waals surface area contributed by atoms with Crippen molar-refractivity contribution in [3.05, 3.63) is 65.4 Å². The Kier molecular flexibility index (Phi) is 6.36. The molecule has 2 aromatic carbocycles. The van der Waals surface area contributed by atoms with E-state index >= 15 is 0 Å². The minimum absolute atomic E-state index is 0.0727. The number of aromatic nitrogens is 3. The number of nitrogens with one attached hydrogen (secondary N) is 1. The number of rotatable bonds is 7. The highest BCUT2D eigenvalue weighted by Crippen LogP contribution is 2.25. The number of halogens is 1. The summed E-state index contributed by atoms with van der Waals surface area (Å²) in [6, 6.07) is 15.0. The minimum atomic E-state index is -0.328. The van der Waals surface area contributed by atoms with Crippen molar-refractivity contribution < 1.29 is 9.53 Å². The number of amides is 1. The third-order valence-corrected chi connectivity index (χ3v) is 5.17. The van der Waals surface area contributed by atoms with Gasteiger partial charge in [0.05, 0.1) is 18.0 Å². The first kappa shape index (κ1) is 19.3. The van der Waals surface area contributed by atoms with E-state index in [1.54, 1.807) is 19.5 Å². The Hall–Kier alpha value is -2.51. The molecule has 0 spiro atoms. The lowest BCUT2D eigenvalue weighted by Crippen LogP contribution is -2.30. The molecule has 0 radical (unpaired) electrons. The molecule has 0 bridgehead atoms. The monoisotopic (exact) mass is 402 g/mol. The predicted octanol–water partition coefficient (Wildman–Crippen LogP) is 3.73. The largest absolute Gasteiger partial charge is 0.497 e. The normalized spacial score (nSPS) is 11.8. The van der Waals surface area contributed by atoms with Crippen LogP contribution in [0, 0.1) is 0 Å². The van der Waals surface area contributed by atoms with Gasteiger partial charge in [-0.2, -0.15) is 0 Å². The van der Waals surface area contributed by atoms with Crippen LogP contribution in [-0.4, -0.2) is 33.0 Å². The van der Waals surface area contributed by atoms with Crippen molar-refractivity contribution >= 4 is 29.3 Å². The summed E-state index contributed by atoms with van der Waals surface area (Å²) in [4.78, 5) is 12.4. The Morgan fingerprint density at radius 3 is 2.78 bits per heavy atom. The average Bonchev–Trinajstić information content (AvgIpc) is 3.14. The summed E-state index contributed by atoms with van der Waals surface area (Å²) in [6.07, 6.45) is 1.61. The van der Waals surface area contributed by atoms with Gasteiger partial charge in [-0.3, -0.25) is 9.36 Å². The molecule has 0 saturated carbocycles. The Bertz CT molecular complexity index is 914. The number of carbonyl (C=O) groups excluding carboxylic acids is 1. The molecule has 1 unspecified atom stereocenters. The maximum absolute atomic E-state index is 12.4. The topological polar surface area (TPSA) is 69.0 Å². The van der Waals surface area contributed by atoms with Crippen molar-refractivity contribution in [1.82, 2.24) is 20.1 Å². The van der Waals surface area contributed by atoms with E-state index in [4.69, 9.17) is 16.3 Å². The van der Waals surface area contributed by atoms with Gasteiger partial charge in [0.25, 0.3) is 0 Å². The molecule has 3 rings (SSSR count). The van der Waals surface area contributed by atoms with Crippen molar-refractivity contribution in [2.75, 3.05) is 7.11 Å². The number of nitrogens with zero attached hydrogens (tertiary/aromatic N) is 3. The van der Waals surface area contributed by atoms with Crippen molar-refractivity contribution in [3.8, 4) is 11.4 Å². The van der Waals surface area contributed by atoms with Crippen LogP contribution in [0.1, 0.15) is 12.5 Å². The second-order valence-corrected chi connectivity index (χ2v) is 7.53. The van der Waals surface area contributed by atoms with Gasteiger partial charge in [0.2, 0.25) is 5.91 Å². The highest BCUT2D eigenvalue weighted by molar-refractivity contribution is 8.00. The Labute approximate surface area is 166 Å². The molecule has 8 heteroatoms. The number of ether oxygens (including phenoxy) is 1. The molecule has 1 aromatic heterocycles. The van der Waals surface area contributed by atoms with Crippen LogP contribution in [-0.2, 0) is 11.3 Å². The van der Waals surface area contributed by atoms with Crippen molar-refractivity contribution in [2.45, 2.75) is 23.9 Å². The summed E-state index contributed by atoms with van der Waals surface area (Å²) in [5, 5.41) is 11.9. The zero-order valence-corrected chi connectivity index (χ0v) is 16.5. The van der Waals surface area contributed by atoms with Crippen LogP contribution in [0.3, 0.4) is 0 Å². The number of hydrogen-bond acceptors (Lipinski definition) is 5. The van der Waals surface area contributed by atoms with Crippen LogP contribution in [0.4, 0.5) is 0 Å². The zero-order valence-electron chi connectivity index (χ0n) is 14.9. The molecule has 140 valence electrons. The maximum atomic E-state index is 12.4. The van der Waals surface area contributed by atoms with E-state index in [2.05, 4.69) is 15.5 Å². The molecule has 1 amide bonds. The van der Waals surface area contributed by atoms with Gasteiger partial charge in [-0.05, 0) is 42.8 Å². The summed E-state index contributed by atoms with van der Waals surface area (Å²) in [6.45, 7) is 2.29. The van der Waals surface area contributed by atoms with Gasteiger partial charge in [-0.15, -0.1) is 10.2 Å². The molecular weight excluding hydrogens is 384 g/mol. The summed E-state index contributed by atoms with van der Waals surface area (Å²) < 4.78 is 6.94. The molecule has 0 fully saturated rings. The van der Waals surface area contributed by atoms with E-state index in [0.29, 0.717) is 16.7 Å². The lowest BCUT2D eigenvalue weighted by Gasteiger charge is -2.13. The zero-order chi connectivity index (χ0) is 19.2. The van der Waals surface area contributed by atoms with Gasteiger partial charge >= 0.3 is 0 Å². The Balaban J connectivity index is 1.61. The molecule has 3 aromatic rings. The van der Waals surface area contributed by atoms with Crippen LogP contribution in [0.15, 0.2) is 60.0 Å². The van der Waals surface area contributed by atoms with Crippen LogP contribution in [0.2, 0.25) is 5.02 Å². The van der Waals surface area contributed by atoms with E-state index in [9.17, 15) is 4.79 Å². The summed E-state index contributed by atoms with van der Waals surface area (Å²) in [7, 11) is 1.62. The lowest BCUT2D eigenvalue weighted by atomic mass is 10.2. The summed E-state index contributed by atoms with van der Waals surface area (Å²) >= 11 is 7.40. The predicted molar refractivity (Wildman–Crippen MR) is 107 cm³/mol. The molecule has 27 heavy (non-hydrogen) atoms. The van der Waals surface area contributed by atoms with Crippen molar-refractivity contribution in [2.24, 2.45) is 0 Å². The van der Waals surface area contributed by atoms with Crippen molar-refractivity contribution in [3.63, 3.8) is 0 Å². The second kappa shape index (κ2) is 8.92. The molecule has 6 nitrogen and oxygen atoms in total. The average molecular weight is 403 g/mol. The Morgan fingerprint density at radius 1 is 1.30 bits per heavy atom. The fourth-order valence-electron chi connectivity index (χ4n) is 2.40. The second-order valence-electron chi connectivity index (χ2n) is 5.79. The van der Waals surface area contributed by atoms with E-state index in [1.807, 2.05) is 54.0 Å². The molecule has 1 heterocycles. The van der Waals surface area contributed by atoms with Crippen LogP contribution < -0.4 is 10.1 Å². The first-order valence-corrected chi connectivity index (χ1v) is 9.56. The van der Waals surface area contributed by atoms with Crippen LogP contribution in [0.5, 0.6) is 5.75 Å². The fraction of sp³-hybridized carbons (Fsp3) is 0.211. The molecule has 0 saturated heterocycles. The van der Waals surface area contributed by atoms with E-state index in [1.165, 1.54) is 11.8 Å². The number of carbonyl (C=O) groups is 1. The molecule has 0 aliphatic heterocycles. The quantitative estimate of drug-likeness (QED) is 0.610. The first-order chi connectivity index (χ1) is 13.1. The van der Waals surface area contributed by atoms with Crippen molar-refractivity contribution in [1.29, 1.82) is 0 Å². The maximum Gasteiger partial charge on any atom is 0.233 e. The lowest BCUT2D eigenvalue weighted by molar-refractivity contribution is -0.120. The first-order valence-electron chi connectivity index (χ1n) is 8.30. The third-order valence-electron chi connectivity index (χ3n) is 3.88. The summed E-state index contributed by atoms with van der Waals surface area (Å²) in [5.74, 6) is 0.714. The van der Waals surface area contributed by atoms with Gasteiger partial charge < -0.3 is 10.1 Å². The van der Waals surface area contributed by atoms with Gasteiger partial charge in [0.15, 0.2) is 5.16 Å². The number of benzene rings is 2. The SMILES string of the molecule is COc1ccc(CNC(=O)C(C)Sc2nncn2-c2cccc(Cl)c2)cc1. The van der Waals surface area contributed by atoms with Gasteiger partial charge in [0, 0.05) is 11.6 Å². The standard InChI is InChI=1S/C19H19ClN4O2S/c1-13(18(25)21-11-14-6-8-17(26-2)9-7-14)27-19-23-22-12-24(19)16-5-3-4-15(20)10-16/h3-10,12-13H,11H2,1-2H3,(H,21,25).